The minimum Gasteiger partial charge on any atom is -0.497 e. The molecule has 4 nitrogen and oxygen atoms in total. The van der Waals surface area contributed by atoms with Gasteiger partial charge in [0.1, 0.15) is 23.5 Å². The first-order valence-corrected chi connectivity index (χ1v) is 4.30. The van der Waals surface area contributed by atoms with Crippen LogP contribution in [0.5, 0.6) is 5.75 Å². The molecule has 86 valence electrons. The molecule has 6 heteroatoms. The van der Waals surface area contributed by atoms with E-state index in [1.807, 2.05) is 0 Å². The van der Waals surface area contributed by atoms with Crippen LogP contribution < -0.4 is 4.74 Å². The number of hydrogen-bond donors (Lipinski definition) is 2. The van der Waals surface area contributed by atoms with Crippen LogP contribution in [0.25, 0.3) is 0 Å². The van der Waals surface area contributed by atoms with Gasteiger partial charge in [0.2, 0.25) is 0 Å². The van der Waals surface area contributed by atoms with Gasteiger partial charge in [-0.25, -0.2) is 8.78 Å². The predicted octanol–water partition coefficient (Wildman–Crippen LogP) is 0.891. The van der Waals surface area contributed by atoms with Gasteiger partial charge < -0.3 is 14.9 Å². The molecule has 2 N–H and O–H groups in total. The quantitative estimate of drug-likeness (QED) is 0.755. The molecule has 1 aromatic carbocycles. The normalized spacial score (nSPS) is 14.0. The van der Waals surface area contributed by atoms with Gasteiger partial charge in [0, 0.05) is 12.1 Å². The van der Waals surface area contributed by atoms with E-state index in [1.165, 1.54) is 13.2 Å². The third-order valence-electron chi connectivity index (χ3n) is 2.02. The van der Waals surface area contributed by atoms with Crippen molar-refractivity contribution in [3.63, 3.8) is 0 Å². The largest absolute Gasteiger partial charge is 0.497 e. The van der Waals surface area contributed by atoms with Crippen molar-refractivity contribution in [1.29, 1.82) is 5.26 Å². The van der Waals surface area contributed by atoms with Crippen molar-refractivity contribution in [3.8, 4) is 11.8 Å². The molecule has 1 rings (SSSR count). The van der Waals surface area contributed by atoms with Crippen LogP contribution in [0.1, 0.15) is 11.7 Å². The molecule has 0 amide bonds. The van der Waals surface area contributed by atoms with Gasteiger partial charge in [-0.05, 0) is 0 Å². The molecule has 0 spiro atoms. The first-order valence-electron chi connectivity index (χ1n) is 4.30. The van der Waals surface area contributed by atoms with Crippen LogP contribution in [0.4, 0.5) is 8.78 Å². The van der Waals surface area contributed by atoms with E-state index in [9.17, 15) is 13.9 Å². The number of ether oxygens (including phenoxy) is 1. The van der Waals surface area contributed by atoms with Crippen LogP contribution in [0.3, 0.4) is 0 Å². The molecule has 16 heavy (non-hydrogen) atoms. The van der Waals surface area contributed by atoms with Gasteiger partial charge >= 0.3 is 0 Å². The Kier molecular flexibility index (Phi) is 3.77. The number of aliphatic hydroxyl groups excluding tert-OH is 2. The third-order valence-corrected chi connectivity index (χ3v) is 2.02. The summed E-state index contributed by atoms with van der Waals surface area (Å²) < 4.78 is 31.3. The number of rotatable bonds is 3. The van der Waals surface area contributed by atoms with Gasteiger partial charge in [0.15, 0.2) is 6.10 Å². The highest BCUT2D eigenvalue weighted by Crippen LogP contribution is 2.27. The monoisotopic (exact) mass is 229 g/mol. The molecular weight excluding hydrogens is 220 g/mol. The topological polar surface area (TPSA) is 73.5 Å². The number of halogens is 2. The second-order valence-electron chi connectivity index (χ2n) is 3.02. The highest BCUT2D eigenvalue weighted by molar-refractivity contribution is 5.32. The molecule has 0 aliphatic carbocycles. The summed E-state index contributed by atoms with van der Waals surface area (Å²) in [6.07, 6.45) is -3.83. The fraction of sp³-hybridized carbons (Fsp3) is 0.300. The van der Waals surface area contributed by atoms with Crippen molar-refractivity contribution in [2.45, 2.75) is 12.2 Å². The number of nitrogens with zero attached hydrogens (tertiary/aromatic N) is 1. The number of methoxy groups -OCH3 is 1. The van der Waals surface area contributed by atoms with E-state index in [1.54, 1.807) is 0 Å². The lowest BCUT2D eigenvalue weighted by atomic mass is 10.0. The van der Waals surface area contributed by atoms with E-state index in [2.05, 4.69) is 4.74 Å². The lowest BCUT2D eigenvalue weighted by Crippen LogP contribution is -2.18. The minimum absolute atomic E-state index is 0.0580. The molecular formula is C10H9F2NO3. The summed E-state index contributed by atoms with van der Waals surface area (Å²) in [7, 11) is 1.23. The van der Waals surface area contributed by atoms with E-state index < -0.39 is 29.4 Å². The average Bonchev–Trinajstić information content (AvgIpc) is 2.26. The molecule has 2 unspecified atom stereocenters. The SMILES string of the molecule is COc1cc(F)c(C(O)C(O)C#N)c(F)c1. The van der Waals surface area contributed by atoms with E-state index in [0.717, 1.165) is 12.1 Å². The van der Waals surface area contributed by atoms with Gasteiger partial charge in [-0.15, -0.1) is 0 Å². The summed E-state index contributed by atoms with van der Waals surface area (Å²) in [5, 5.41) is 26.6. The fourth-order valence-electron chi connectivity index (χ4n) is 1.19. The Morgan fingerprint density at radius 3 is 2.19 bits per heavy atom. The van der Waals surface area contributed by atoms with Crippen LogP contribution >= 0.6 is 0 Å². The van der Waals surface area contributed by atoms with E-state index in [0.29, 0.717) is 0 Å². The number of aliphatic hydroxyl groups is 2. The summed E-state index contributed by atoms with van der Waals surface area (Å²) in [5.74, 6) is -2.23. The Morgan fingerprint density at radius 2 is 1.81 bits per heavy atom. The standard InChI is InChI=1S/C10H9F2NO3/c1-16-5-2-6(11)9(7(12)3-5)10(15)8(14)4-13/h2-3,8,10,14-15H,1H3. The minimum atomic E-state index is -1.93. The summed E-state index contributed by atoms with van der Waals surface area (Å²) in [5.41, 5.74) is -0.755. The molecule has 0 radical (unpaired) electrons. The lowest BCUT2D eigenvalue weighted by molar-refractivity contribution is 0.0476. The van der Waals surface area contributed by atoms with Crippen LogP contribution in [0, 0.1) is 23.0 Å². The van der Waals surface area contributed by atoms with Crippen molar-refractivity contribution < 1.29 is 23.7 Å². The Bertz CT molecular complexity index is 408. The van der Waals surface area contributed by atoms with Crippen LogP contribution in [0.2, 0.25) is 0 Å². The Balaban J connectivity index is 3.20. The average molecular weight is 229 g/mol. The molecule has 0 saturated heterocycles. The smallest absolute Gasteiger partial charge is 0.170 e. The summed E-state index contributed by atoms with van der Waals surface area (Å²) in [6, 6.07) is 2.99. The van der Waals surface area contributed by atoms with Gasteiger partial charge in [-0.1, -0.05) is 0 Å². The van der Waals surface area contributed by atoms with Crippen molar-refractivity contribution in [1.82, 2.24) is 0 Å². The predicted molar refractivity (Wildman–Crippen MR) is 49.5 cm³/mol. The second-order valence-corrected chi connectivity index (χ2v) is 3.02. The number of benzene rings is 1. The molecule has 0 aromatic heterocycles. The fourth-order valence-corrected chi connectivity index (χ4v) is 1.19. The zero-order valence-corrected chi connectivity index (χ0v) is 8.32. The molecule has 0 heterocycles. The van der Waals surface area contributed by atoms with Crippen molar-refractivity contribution in [3.05, 3.63) is 29.3 Å². The molecule has 0 bridgehead atoms. The second kappa shape index (κ2) is 4.88. The molecule has 0 fully saturated rings. The van der Waals surface area contributed by atoms with Gasteiger partial charge in [0.25, 0.3) is 0 Å². The molecule has 2 atom stereocenters. The first kappa shape index (κ1) is 12.4. The lowest BCUT2D eigenvalue weighted by Gasteiger charge is -2.14. The first-order chi connectivity index (χ1) is 7.51. The number of nitriles is 1. The van der Waals surface area contributed by atoms with Crippen molar-refractivity contribution >= 4 is 0 Å². The zero-order chi connectivity index (χ0) is 12.3. The van der Waals surface area contributed by atoms with Gasteiger partial charge in [0.05, 0.1) is 18.7 Å². The summed E-state index contributed by atoms with van der Waals surface area (Å²) >= 11 is 0. The van der Waals surface area contributed by atoms with E-state index in [4.69, 9.17) is 10.4 Å². The van der Waals surface area contributed by atoms with E-state index >= 15 is 0 Å². The maximum absolute atomic E-state index is 13.3. The van der Waals surface area contributed by atoms with Gasteiger partial charge in [-0.3, -0.25) is 0 Å². The van der Waals surface area contributed by atoms with E-state index in [-0.39, 0.29) is 5.75 Å². The van der Waals surface area contributed by atoms with Crippen molar-refractivity contribution in [2.24, 2.45) is 0 Å². The third kappa shape index (κ3) is 2.27. The van der Waals surface area contributed by atoms with Crippen LogP contribution in [-0.4, -0.2) is 23.4 Å². The van der Waals surface area contributed by atoms with Crippen molar-refractivity contribution in [2.75, 3.05) is 7.11 Å². The zero-order valence-electron chi connectivity index (χ0n) is 8.32. The Labute approximate surface area is 90.3 Å². The Morgan fingerprint density at radius 1 is 1.31 bits per heavy atom. The van der Waals surface area contributed by atoms with Crippen LogP contribution in [-0.2, 0) is 0 Å². The Hall–Kier alpha value is -1.71. The van der Waals surface area contributed by atoms with Crippen LogP contribution in [0.15, 0.2) is 12.1 Å². The number of hydrogen-bond acceptors (Lipinski definition) is 4. The summed E-state index contributed by atoms with van der Waals surface area (Å²) in [6.45, 7) is 0. The molecule has 0 aliphatic heterocycles. The maximum atomic E-state index is 13.3. The molecule has 0 saturated carbocycles. The molecule has 0 aliphatic rings. The van der Waals surface area contributed by atoms with Gasteiger partial charge in [-0.2, -0.15) is 5.26 Å². The highest BCUT2D eigenvalue weighted by atomic mass is 19.1. The highest BCUT2D eigenvalue weighted by Gasteiger charge is 2.25. The molecule has 1 aromatic rings. The maximum Gasteiger partial charge on any atom is 0.170 e. The summed E-state index contributed by atoms with van der Waals surface area (Å²) in [4.78, 5) is 0.